The first-order valence-electron chi connectivity index (χ1n) is 3.78. The lowest BCUT2D eigenvalue weighted by atomic mass is 10.5. The number of halogens is 1. The number of aromatic nitrogens is 1. The highest BCUT2D eigenvalue weighted by molar-refractivity contribution is 7.99. The number of rotatable bonds is 3. The molecule has 0 unspecified atom stereocenters. The Hall–Kier alpha value is -0.410. The molecule has 0 saturated carbocycles. The zero-order valence-corrected chi connectivity index (χ0v) is 8.45. The predicted molar refractivity (Wildman–Crippen MR) is 54.7 cm³/mol. The summed E-state index contributed by atoms with van der Waals surface area (Å²) >= 11 is 7.60. The first-order chi connectivity index (χ1) is 5.74. The van der Waals surface area contributed by atoms with Crippen molar-refractivity contribution in [1.82, 2.24) is 4.98 Å². The summed E-state index contributed by atoms with van der Waals surface area (Å²) < 4.78 is 0. The van der Waals surface area contributed by atoms with Gasteiger partial charge in [-0.25, -0.2) is 4.98 Å². The maximum atomic E-state index is 5.89. The predicted octanol–water partition coefficient (Wildman–Crippen LogP) is 2.82. The second-order valence-electron chi connectivity index (χ2n) is 2.39. The number of nitrogens with two attached hydrogens (primary N) is 1. The van der Waals surface area contributed by atoms with Crippen molar-refractivity contribution < 1.29 is 0 Å². The Morgan fingerprint density at radius 2 is 2.42 bits per heavy atom. The minimum absolute atomic E-state index is 0.526. The van der Waals surface area contributed by atoms with Gasteiger partial charge in [-0.1, -0.05) is 18.5 Å². The van der Waals surface area contributed by atoms with Crippen LogP contribution in [0.2, 0.25) is 5.02 Å². The van der Waals surface area contributed by atoms with E-state index in [0.29, 0.717) is 10.8 Å². The van der Waals surface area contributed by atoms with Crippen LogP contribution < -0.4 is 5.73 Å². The average Bonchev–Trinajstić information content (AvgIpc) is 2.07. The largest absolute Gasteiger partial charge is 0.384 e. The van der Waals surface area contributed by atoms with Crippen molar-refractivity contribution in [3.05, 3.63) is 17.3 Å². The molecule has 0 atom stereocenters. The fourth-order valence-electron chi connectivity index (χ4n) is 0.758. The molecule has 0 saturated heterocycles. The Balaban J connectivity index is 2.75. The van der Waals surface area contributed by atoms with Gasteiger partial charge in [0.15, 0.2) is 0 Å². The molecule has 0 bridgehead atoms. The summed E-state index contributed by atoms with van der Waals surface area (Å²) in [6.45, 7) is 2.13. The fourth-order valence-corrected chi connectivity index (χ4v) is 1.84. The number of thioether (sulfide) groups is 1. The van der Waals surface area contributed by atoms with Crippen molar-refractivity contribution in [2.45, 2.75) is 18.2 Å². The van der Waals surface area contributed by atoms with Gasteiger partial charge in [0.1, 0.15) is 5.82 Å². The van der Waals surface area contributed by atoms with Crippen molar-refractivity contribution in [3.8, 4) is 0 Å². The molecule has 0 spiro atoms. The van der Waals surface area contributed by atoms with Gasteiger partial charge in [-0.15, -0.1) is 11.8 Å². The quantitative estimate of drug-likeness (QED) is 0.767. The maximum absolute atomic E-state index is 5.89. The molecular weight excluding hydrogens is 192 g/mol. The van der Waals surface area contributed by atoms with E-state index in [2.05, 4.69) is 11.9 Å². The number of pyridine rings is 1. The Morgan fingerprint density at radius 3 is 3.08 bits per heavy atom. The molecule has 1 rings (SSSR count). The highest BCUT2D eigenvalue weighted by Gasteiger charge is 2.00. The average molecular weight is 203 g/mol. The van der Waals surface area contributed by atoms with Crippen molar-refractivity contribution in [2.75, 3.05) is 11.5 Å². The molecule has 66 valence electrons. The molecule has 2 nitrogen and oxygen atoms in total. The molecule has 2 N–H and O–H groups in total. The van der Waals surface area contributed by atoms with Gasteiger partial charge in [-0.2, -0.15) is 0 Å². The Labute approximate surface area is 81.5 Å². The monoisotopic (exact) mass is 202 g/mol. The first kappa shape index (κ1) is 9.68. The Bertz CT molecular complexity index is 265. The van der Waals surface area contributed by atoms with Crippen LogP contribution in [-0.2, 0) is 0 Å². The molecule has 1 aromatic rings. The van der Waals surface area contributed by atoms with E-state index in [4.69, 9.17) is 17.3 Å². The molecule has 0 aliphatic rings. The van der Waals surface area contributed by atoms with E-state index in [1.54, 1.807) is 18.0 Å². The van der Waals surface area contributed by atoms with Crippen LogP contribution in [0.3, 0.4) is 0 Å². The summed E-state index contributed by atoms with van der Waals surface area (Å²) in [5.41, 5.74) is 5.52. The molecule has 1 heterocycles. The fraction of sp³-hybridized carbons (Fsp3) is 0.375. The van der Waals surface area contributed by atoms with Crippen LogP contribution in [0, 0.1) is 0 Å². The summed E-state index contributed by atoms with van der Waals surface area (Å²) in [5.74, 6) is 1.58. The van der Waals surface area contributed by atoms with Gasteiger partial charge in [0.25, 0.3) is 0 Å². The summed E-state index contributed by atoms with van der Waals surface area (Å²) in [6.07, 6.45) is 2.72. The molecule has 12 heavy (non-hydrogen) atoms. The lowest BCUT2D eigenvalue weighted by molar-refractivity contribution is 1.10. The second kappa shape index (κ2) is 4.58. The molecule has 0 fully saturated rings. The second-order valence-corrected chi connectivity index (χ2v) is 3.93. The molecule has 0 aliphatic heterocycles. The highest BCUT2D eigenvalue weighted by Crippen LogP contribution is 2.27. The number of hydrogen-bond acceptors (Lipinski definition) is 3. The molecule has 0 aromatic carbocycles. The Morgan fingerprint density at radius 1 is 1.67 bits per heavy atom. The third-order valence-corrected chi connectivity index (χ3v) is 2.98. The van der Waals surface area contributed by atoms with E-state index in [0.717, 1.165) is 17.1 Å². The zero-order chi connectivity index (χ0) is 8.97. The molecular formula is C8H11ClN2S. The van der Waals surface area contributed by atoms with E-state index >= 15 is 0 Å². The van der Waals surface area contributed by atoms with E-state index in [-0.39, 0.29) is 0 Å². The summed E-state index contributed by atoms with van der Waals surface area (Å²) in [6, 6.07) is 1.81. The van der Waals surface area contributed by atoms with Gasteiger partial charge >= 0.3 is 0 Å². The van der Waals surface area contributed by atoms with Crippen LogP contribution in [0.25, 0.3) is 0 Å². The van der Waals surface area contributed by atoms with E-state index in [1.807, 2.05) is 6.07 Å². The van der Waals surface area contributed by atoms with Gasteiger partial charge in [0.2, 0.25) is 0 Å². The summed E-state index contributed by atoms with van der Waals surface area (Å²) in [5, 5.41) is 0.683. The van der Waals surface area contributed by atoms with Crippen molar-refractivity contribution >= 4 is 29.2 Å². The van der Waals surface area contributed by atoms with Gasteiger partial charge in [-0.3, -0.25) is 0 Å². The topological polar surface area (TPSA) is 38.9 Å². The van der Waals surface area contributed by atoms with Crippen molar-refractivity contribution in [2.24, 2.45) is 0 Å². The zero-order valence-electron chi connectivity index (χ0n) is 6.88. The molecule has 0 amide bonds. The van der Waals surface area contributed by atoms with Crippen LogP contribution in [-0.4, -0.2) is 10.7 Å². The van der Waals surface area contributed by atoms with Crippen LogP contribution in [0.15, 0.2) is 17.2 Å². The van der Waals surface area contributed by atoms with Crippen LogP contribution >= 0.6 is 23.4 Å². The van der Waals surface area contributed by atoms with Gasteiger partial charge in [0, 0.05) is 11.1 Å². The number of nitrogens with zero attached hydrogens (tertiary/aromatic N) is 1. The lowest BCUT2D eigenvalue weighted by Gasteiger charge is -2.02. The molecule has 0 radical (unpaired) electrons. The van der Waals surface area contributed by atoms with Gasteiger partial charge in [0.05, 0.1) is 5.02 Å². The third kappa shape index (κ3) is 2.57. The summed E-state index contributed by atoms with van der Waals surface area (Å²) in [7, 11) is 0. The highest BCUT2D eigenvalue weighted by atomic mass is 35.5. The third-order valence-electron chi connectivity index (χ3n) is 1.30. The van der Waals surface area contributed by atoms with E-state index in [1.165, 1.54) is 0 Å². The normalized spacial score (nSPS) is 10.2. The molecule has 4 heteroatoms. The van der Waals surface area contributed by atoms with Crippen molar-refractivity contribution in [3.63, 3.8) is 0 Å². The van der Waals surface area contributed by atoms with E-state index in [9.17, 15) is 0 Å². The number of anilines is 1. The van der Waals surface area contributed by atoms with Crippen LogP contribution in [0.4, 0.5) is 5.82 Å². The minimum Gasteiger partial charge on any atom is -0.384 e. The smallest absolute Gasteiger partial charge is 0.124 e. The van der Waals surface area contributed by atoms with Crippen molar-refractivity contribution in [1.29, 1.82) is 0 Å². The van der Waals surface area contributed by atoms with Gasteiger partial charge in [-0.05, 0) is 18.2 Å². The summed E-state index contributed by atoms with van der Waals surface area (Å²) in [4.78, 5) is 4.90. The van der Waals surface area contributed by atoms with Gasteiger partial charge < -0.3 is 5.73 Å². The molecule has 0 aliphatic carbocycles. The minimum atomic E-state index is 0.526. The standard InChI is InChI=1S/C8H11ClN2S/c1-2-3-12-7-4-8(10)11-5-6(7)9/h4-5H,2-3H2,1H3,(H2,10,11). The lowest BCUT2D eigenvalue weighted by Crippen LogP contribution is -1.90. The van der Waals surface area contributed by atoms with E-state index < -0.39 is 0 Å². The van der Waals surface area contributed by atoms with Crippen LogP contribution in [0.1, 0.15) is 13.3 Å². The van der Waals surface area contributed by atoms with Crippen LogP contribution in [0.5, 0.6) is 0 Å². The maximum Gasteiger partial charge on any atom is 0.124 e. The number of hydrogen-bond donors (Lipinski definition) is 1. The Kier molecular flexibility index (Phi) is 3.69. The SMILES string of the molecule is CCCSc1cc(N)ncc1Cl. The number of nitrogen functional groups attached to an aromatic ring is 1. The first-order valence-corrected chi connectivity index (χ1v) is 5.14. The molecule has 1 aromatic heterocycles.